The fraction of sp³-hybridized carbons (Fsp3) is 0.143. The first-order chi connectivity index (χ1) is 15.5. The van der Waals surface area contributed by atoms with Gasteiger partial charge in [0.2, 0.25) is 0 Å². The van der Waals surface area contributed by atoms with E-state index in [4.69, 9.17) is 9.15 Å². The van der Waals surface area contributed by atoms with Crippen LogP contribution in [0, 0.1) is 10.1 Å². The minimum absolute atomic E-state index is 0.0545. The van der Waals surface area contributed by atoms with Crippen LogP contribution in [0.4, 0.5) is 10.8 Å². The molecule has 0 fully saturated rings. The van der Waals surface area contributed by atoms with Crippen LogP contribution >= 0.6 is 11.3 Å². The van der Waals surface area contributed by atoms with Crippen LogP contribution in [-0.2, 0) is 9.53 Å². The van der Waals surface area contributed by atoms with E-state index in [0.717, 1.165) is 11.3 Å². The van der Waals surface area contributed by atoms with Crippen LogP contribution in [0.2, 0.25) is 0 Å². The molecule has 4 aromatic rings. The molecule has 0 radical (unpaired) electrons. The summed E-state index contributed by atoms with van der Waals surface area (Å²) in [6.07, 6.45) is 0.428. The summed E-state index contributed by atoms with van der Waals surface area (Å²) in [5, 5.41) is 15.6. The first kappa shape index (κ1) is 21.1. The van der Waals surface area contributed by atoms with E-state index in [1.807, 2.05) is 0 Å². The lowest BCUT2D eigenvalue weighted by molar-refractivity contribution is -0.384. The molecule has 0 aliphatic rings. The second-order valence-corrected chi connectivity index (χ2v) is 7.50. The van der Waals surface area contributed by atoms with Gasteiger partial charge in [-0.05, 0) is 18.6 Å². The normalized spacial score (nSPS) is 11.8. The number of oxazole rings is 1. The molecule has 2 aromatic heterocycles. The molecular formula is C21H16N4O6S. The highest BCUT2D eigenvalue weighted by Gasteiger charge is 2.25. The van der Waals surface area contributed by atoms with E-state index in [2.05, 4.69) is 15.3 Å². The van der Waals surface area contributed by atoms with Gasteiger partial charge in [-0.2, -0.15) is 0 Å². The third-order valence-corrected chi connectivity index (χ3v) is 5.34. The zero-order chi connectivity index (χ0) is 22.7. The minimum Gasteiger partial charge on any atom is -0.449 e. The van der Waals surface area contributed by atoms with Crippen LogP contribution in [0.3, 0.4) is 0 Å². The molecule has 1 amide bonds. The number of amides is 1. The van der Waals surface area contributed by atoms with E-state index < -0.39 is 22.9 Å². The molecule has 0 saturated heterocycles. The number of ether oxygens (including phenoxy) is 1. The fourth-order valence-electron chi connectivity index (χ4n) is 2.99. The Bertz CT molecular complexity index is 1310. The summed E-state index contributed by atoms with van der Waals surface area (Å²) >= 11 is 1.16. The summed E-state index contributed by atoms with van der Waals surface area (Å²) in [4.78, 5) is 44.1. The van der Waals surface area contributed by atoms with Gasteiger partial charge in [0.25, 0.3) is 11.6 Å². The van der Waals surface area contributed by atoms with Gasteiger partial charge in [0.1, 0.15) is 5.52 Å². The summed E-state index contributed by atoms with van der Waals surface area (Å²) in [7, 11) is 0. The van der Waals surface area contributed by atoms with E-state index in [0.29, 0.717) is 22.4 Å². The highest BCUT2D eigenvalue weighted by molar-refractivity contribution is 7.14. The number of aromatic nitrogens is 2. The van der Waals surface area contributed by atoms with Gasteiger partial charge in [0, 0.05) is 23.1 Å². The van der Waals surface area contributed by atoms with Crippen LogP contribution in [-0.4, -0.2) is 32.9 Å². The SMILES string of the molecule is CCC(OC(=O)c1cccc2ocnc12)C(=O)Nc1nc(-c2cccc([N+](=O)[O-])c2)cs1. The van der Waals surface area contributed by atoms with Crippen molar-refractivity contribution < 1.29 is 23.7 Å². The van der Waals surface area contributed by atoms with Crippen LogP contribution in [0.1, 0.15) is 23.7 Å². The predicted molar refractivity (Wildman–Crippen MR) is 116 cm³/mol. The quantitative estimate of drug-likeness (QED) is 0.247. The molecule has 2 heterocycles. The molecule has 0 saturated carbocycles. The van der Waals surface area contributed by atoms with Gasteiger partial charge in [0.15, 0.2) is 23.2 Å². The molecule has 2 aromatic carbocycles. The highest BCUT2D eigenvalue weighted by atomic mass is 32.1. The Hall–Kier alpha value is -4.12. The highest BCUT2D eigenvalue weighted by Crippen LogP contribution is 2.28. The number of nitro groups is 1. The molecule has 4 rings (SSSR count). The third-order valence-electron chi connectivity index (χ3n) is 4.58. The number of nitro benzene ring substituents is 1. The smallest absolute Gasteiger partial charge is 0.341 e. The fourth-order valence-corrected chi connectivity index (χ4v) is 3.72. The number of fused-ring (bicyclic) bond motifs is 1. The van der Waals surface area contributed by atoms with Crippen LogP contribution < -0.4 is 5.32 Å². The summed E-state index contributed by atoms with van der Waals surface area (Å²) < 4.78 is 10.6. The first-order valence-corrected chi connectivity index (χ1v) is 10.4. The lowest BCUT2D eigenvalue weighted by Crippen LogP contribution is -2.32. The second kappa shape index (κ2) is 8.94. The van der Waals surface area contributed by atoms with Crippen LogP contribution in [0.5, 0.6) is 0 Å². The standard InChI is InChI=1S/C21H16N4O6S/c1-2-16(31-20(27)14-7-4-8-17-18(14)22-11-30-17)19(26)24-21-23-15(10-32-21)12-5-3-6-13(9-12)25(28)29/h3-11,16H,2H2,1H3,(H,23,24,26). The van der Waals surface area contributed by atoms with Crippen molar-refractivity contribution in [3.63, 3.8) is 0 Å². The second-order valence-electron chi connectivity index (χ2n) is 6.64. The maximum Gasteiger partial charge on any atom is 0.341 e. The average molecular weight is 452 g/mol. The third kappa shape index (κ3) is 4.32. The number of rotatable bonds is 7. The van der Waals surface area contributed by atoms with Crippen molar-refractivity contribution in [1.82, 2.24) is 9.97 Å². The number of anilines is 1. The Morgan fingerprint density at radius 3 is 2.88 bits per heavy atom. The molecule has 10 nitrogen and oxygen atoms in total. The van der Waals surface area contributed by atoms with Gasteiger partial charge < -0.3 is 9.15 Å². The molecule has 1 unspecified atom stereocenters. The molecule has 0 aliphatic carbocycles. The monoisotopic (exact) mass is 452 g/mol. The van der Waals surface area contributed by atoms with Gasteiger partial charge in [0.05, 0.1) is 16.2 Å². The Morgan fingerprint density at radius 2 is 2.09 bits per heavy atom. The number of nitrogens with one attached hydrogen (secondary N) is 1. The van der Waals surface area contributed by atoms with Crippen molar-refractivity contribution in [2.45, 2.75) is 19.4 Å². The molecule has 11 heteroatoms. The van der Waals surface area contributed by atoms with Crippen molar-refractivity contribution in [2.24, 2.45) is 0 Å². The molecular weight excluding hydrogens is 436 g/mol. The number of thiazole rings is 1. The van der Waals surface area contributed by atoms with E-state index >= 15 is 0 Å². The van der Waals surface area contributed by atoms with Crippen LogP contribution in [0.25, 0.3) is 22.4 Å². The number of para-hydroxylation sites is 1. The van der Waals surface area contributed by atoms with Crippen molar-refractivity contribution in [3.05, 3.63) is 69.9 Å². The van der Waals surface area contributed by atoms with E-state index in [1.54, 1.807) is 42.6 Å². The van der Waals surface area contributed by atoms with Crippen molar-refractivity contribution in [1.29, 1.82) is 0 Å². The predicted octanol–water partition coefficient (Wildman–Crippen LogP) is 4.43. The summed E-state index contributed by atoms with van der Waals surface area (Å²) in [5.74, 6) is -1.23. The van der Waals surface area contributed by atoms with Crippen LogP contribution in [0.15, 0.2) is 58.7 Å². The number of nitrogens with zero attached hydrogens (tertiary/aromatic N) is 3. The maximum absolute atomic E-state index is 12.7. The molecule has 1 atom stereocenters. The molecule has 162 valence electrons. The number of carbonyl (C=O) groups excluding carboxylic acids is 2. The maximum atomic E-state index is 12.7. The molecule has 0 spiro atoms. The van der Waals surface area contributed by atoms with E-state index in [1.165, 1.54) is 18.5 Å². The number of hydrogen-bond donors (Lipinski definition) is 1. The van der Waals surface area contributed by atoms with Crippen molar-refractivity contribution >= 4 is 45.1 Å². The molecule has 0 bridgehead atoms. The Kier molecular flexibility index (Phi) is 5.90. The van der Waals surface area contributed by atoms with E-state index in [9.17, 15) is 19.7 Å². The topological polar surface area (TPSA) is 137 Å². The van der Waals surface area contributed by atoms with Gasteiger partial charge >= 0.3 is 5.97 Å². The van der Waals surface area contributed by atoms with Gasteiger partial charge in [-0.1, -0.05) is 25.1 Å². The zero-order valence-electron chi connectivity index (χ0n) is 16.7. The average Bonchev–Trinajstić information content (AvgIpc) is 3.46. The van der Waals surface area contributed by atoms with Gasteiger partial charge in [-0.15, -0.1) is 11.3 Å². The van der Waals surface area contributed by atoms with Crippen molar-refractivity contribution in [2.75, 3.05) is 5.32 Å². The Morgan fingerprint density at radius 1 is 1.28 bits per heavy atom. The summed E-state index contributed by atoms with van der Waals surface area (Å²) in [5.41, 5.74) is 1.97. The Balaban J connectivity index is 1.46. The van der Waals surface area contributed by atoms with Gasteiger partial charge in [-0.25, -0.2) is 14.8 Å². The lowest BCUT2D eigenvalue weighted by Gasteiger charge is -2.15. The zero-order valence-corrected chi connectivity index (χ0v) is 17.5. The number of hydrogen-bond acceptors (Lipinski definition) is 9. The van der Waals surface area contributed by atoms with Gasteiger partial charge in [-0.3, -0.25) is 20.2 Å². The molecule has 0 aliphatic heterocycles. The minimum atomic E-state index is -1.05. The largest absolute Gasteiger partial charge is 0.449 e. The number of carbonyl (C=O) groups is 2. The van der Waals surface area contributed by atoms with E-state index in [-0.39, 0.29) is 22.8 Å². The molecule has 32 heavy (non-hydrogen) atoms. The number of benzene rings is 2. The molecule has 1 N–H and O–H groups in total. The number of non-ortho nitro benzene ring substituents is 1. The number of esters is 1. The first-order valence-electron chi connectivity index (χ1n) is 9.50. The summed E-state index contributed by atoms with van der Waals surface area (Å²) in [6.45, 7) is 1.71. The van der Waals surface area contributed by atoms with Crippen molar-refractivity contribution in [3.8, 4) is 11.3 Å². The lowest BCUT2D eigenvalue weighted by atomic mass is 10.1. The summed E-state index contributed by atoms with van der Waals surface area (Å²) in [6, 6.07) is 10.9. The Labute approximate surface area is 185 Å².